The number of benzene rings is 1. The van der Waals surface area contributed by atoms with Crippen LogP contribution in [0.5, 0.6) is 0 Å². The molecule has 0 aliphatic carbocycles. The van der Waals surface area contributed by atoms with E-state index in [1.54, 1.807) is 0 Å². The van der Waals surface area contributed by atoms with E-state index in [1.807, 2.05) is 0 Å². The van der Waals surface area contributed by atoms with Crippen molar-refractivity contribution in [3.63, 3.8) is 0 Å². The van der Waals surface area contributed by atoms with Gasteiger partial charge in [-0.3, -0.25) is 4.79 Å². The van der Waals surface area contributed by atoms with Gasteiger partial charge in [0, 0.05) is 5.02 Å². The third-order valence-corrected chi connectivity index (χ3v) is 3.32. The molecule has 0 atom stereocenters. The number of carbonyl (C=O) groups is 1. The first-order chi connectivity index (χ1) is 8.27. The van der Waals surface area contributed by atoms with Crippen molar-refractivity contribution in [2.75, 3.05) is 5.88 Å². The fourth-order valence-electron chi connectivity index (χ4n) is 0.879. The number of alkyl halides is 3. The molecule has 0 saturated heterocycles. The predicted octanol–water partition coefficient (Wildman–Crippen LogP) is 5.67. The third kappa shape index (κ3) is 4.12. The van der Waals surface area contributed by atoms with Gasteiger partial charge < -0.3 is 0 Å². The SMILES string of the molecule is O=C(CCl)C(Cl)(Cl)N=Nc1c(Cl)cc(Cl)cc1Cl. The molecule has 1 rings (SSSR count). The standard InChI is InChI=1S/C9H4Cl6N2O/c10-3-7(18)9(14,15)17-16-8-5(12)1-4(11)2-6(8)13/h1-2H,3H2. The maximum absolute atomic E-state index is 11.2. The smallest absolute Gasteiger partial charge is 0.287 e. The van der Waals surface area contributed by atoms with Crippen LogP contribution in [-0.2, 0) is 4.79 Å². The molecule has 0 bridgehead atoms. The molecule has 0 fully saturated rings. The van der Waals surface area contributed by atoms with Crippen LogP contribution in [0.1, 0.15) is 0 Å². The largest absolute Gasteiger partial charge is 0.293 e. The minimum atomic E-state index is -2.08. The predicted molar refractivity (Wildman–Crippen MR) is 76.2 cm³/mol. The van der Waals surface area contributed by atoms with E-state index < -0.39 is 16.1 Å². The highest BCUT2D eigenvalue weighted by molar-refractivity contribution is 6.60. The molecule has 1 aromatic carbocycles. The molecule has 9 heteroatoms. The summed E-state index contributed by atoms with van der Waals surface area (Å²) < 4.78 is -2.08. The van der Waals surface area contributed by atoms with Crippen molar-refractivity contribution < 1.29 is 4.79 Å². The first-order valence-corrected chi connectivity index (χ1v) is 6.75. The second-order valence-electron chi connectivity index (χ2n) is 3.02. The van der Waals surface area contributed by atoms with Crippen molar-refractivity contribution in [1.82, 2.24) is 0 Å². The van der Waals surface area contributed by atoms with Gasteiger partial charge in [-0.05, 0) is 12.1 Å². The van der Waals surface area contributed by atoms with E-state index >= 15 is 0 Å². The number of nitrogens with zero attached hydrogens (tertiary/aromatic N) is 2. The van der Waals surface area contributed by atoms with E-state index in [0.717, 1.165) is 0 Å². The summed E-state index contributed by atoms with van der Waals surface area (Å²) in [6, 6.07) is 2.83. The summed E-state index contributed by atoms with van der Waals surface area (Å²) in [5, 5.41) is 7.74. The highest BCUT2D eigenvalue weighted by atomic mass is 35.5. The van der Waals surface area contributed by atoms with Crippen LogP contribution in [0.25, 0.3) is 0 Å². The Balaban J connectivity index is 3.09. The first kappa shape index (κ1) is 16.3. The number of azo groups is 1. The van der Waals surface area contributed by atoms with Crippen LogP contribution in [0.15, 0.2) is 22.4 Å². The Morgan fingerprint density at radius 1 is 1.17 bits per heavy atom. The second-order valence-corrected chi connectivity index (χ2v) is 5.82. The van der Waals surface area contributed by atoms with Crippen LogP contribution < -0.4 is 0 Å². The summed E-state index contributed by atoms with van der Waals surface area (Å²) in [5.41, 5.74) is 0.107. The molecule has 1 aromatic rings. The van der Waals surface area contributed by atoms with E-state index in [0.29, 0.717) is 5.02 Å². The van der Waals surface area contributed by atoms with Gasteiger partial charge in [-0.15, -0.1) is 21.8 Å². The lowest BCUT2D eigenvalue weighted by atomic mass is 10.3. The van der Waals surface area contributed by atoms with Gasteiger partial charge in [-0.2, -0.15) is 0 Å². The lowest BCUT2D eigenvalue weighted by Gasteiger charge is -2.09. The molecule has 3 nitrogen and oxygen atoms in total. The van der Waals surface area contributed by atoms with Gasteiger partial charge in [0.15, 0.2) is 0 Å². The van der Waals surface area contributed by atoms with Gasteiger partial charge in [0.25, 0.3) is 4.46 Å². The lowest BCUT2D eigenvalue weighted by molar-refractivity contribution is -0.117. The average Bonchev–Trinajstić information content (AvgIpc) is 2.26. The quantitative estimate of drug-likeness (QED) is 0.383. The monoisotopic (exact) mass is 366 g/mol. The number of Topliss-reactive ketones (excluding diaryl/α,β-unsaturated/α-hetero) is 1. The van der Waals surface area contributed by atoms with Crippen LogP contribution >= 0.6 is 69.6 Å². The summed E-state index contributed by atoms with van der Waals surface area (Å²) in [7, 11) is 0. The van der Waals surface area contributed by atoms with Crippen molar-refractivity contribution in [1.29, 1.82) is 0 Å². The summed E-state index contributed by atoms with van der Waals surface area (Å²) in [6.07, 6.45) is 0. The average molecular weight is 369 g/mol. The van der Waals surface area contributed by atoms with E-state index in [9.17, 15) is 4.79 Å². The molecular formula is C9H4Cl6N2O. The Labute approximate surface area is 133 Å². The van der Waals surface area contributed by atoms with Crippen molar-refractivity contribution in [3.8, 4) is 0 Å². The van der Waals surface area contributed by atoms with Crippen LogP contribution in [0.4, 0.5) is 5.69 Å². The number of hydrogen-bond donors (Lipinski definition) is 0. The minimum absolute atomic E-state index is 0.107. The van der Waals surface area contributed by atoms with E-state index in [-0.39, 0.29) is 15.7 Å². The highest BCUT2D eigenvalue weighted by Gasteiger charge is 2.32. The summed E-state index contributed by atoms with van der Waals surface area (Å²) in [5.74, 6) is -1.11. The van der Waals surface area contributed by atoms with Crippen LogP contribution in [0.2, 0.25) is 15.1 Å². The summed E-state index contributed by atoms with van der Waals surface area (Å²) >= 11 is 34.0. The van der Waals surface area contributed by atoms with Gasteiger partial charge in [0.2, 0.25) is 5.78 Å². The fourth-order valence-corrected chi connectivity index (χ4v) is 2.31. The fraction of sp³-hybridized carbons (Fsp3) is 0.222. The molecule has 0 spiro atoms. The normalized spacial score (nSPS) is 12.1. The van der Waals surface area contributed by atoms with E-state index in [2.05, 4.69) is 10.2 Å². The Bertz CT molecular complexity index is 479. The number of rotatable bonds is 4. The first-order valence-electron chi connectivity index (χ1n) is 4.32. The maximum Gasteiger partial charge on any atom is 0.287 e. The summed E-state index contributed by atoms with van der Waals surface area (Å²) in [4.78, 5) is 11.2. The zero-order valence-electron chi connectivity index (χ0n) is 8.43. The van der Waals surface area contributed by atoms with Gasteiger partial charge >= 0.3 is 0 Å². The summed E-state index contributed by atoms with van der Waals surface area (Å²) in [6.45, 7) is 0. The second kappa shape index (κ2) is 6.60. The van der Waals surface area contributed by atoms with Gasteiger partial charge in [0.1, 0.15) is 5.69 Å². The molecule has 0 radical (unpaired) electrons. The molecule has 0 amide bonds. The highest BCUT2D eigenvalue weighted by Crippen LogP contribution is 2.37. The zero-order chi connectivity index (χ0) is 13.9. The van der Waals surface area contributed by atoms with Crippen molar-refractivity contribution >= 4 is 81.1 Å². The molecule has 0 aliphatic heterocycles. The van der Waals surface area contributed by atoms with Crippen LogP contribution in [0, 0.1) is 0 Å². The topological polar surface area (TPSA) is 41.8 Å². The van der Waals surface area contributed by atoms with Crippen LogP contribution in [-0.4, -0.2) is 16.1 Å². The lowest BCUT2D eigenvalue weighted by Crippen LogP contribution is -2.24. The molecule has 0 saturated carbocycles. The molecule has 18 heavy (non-hydrogen) atoms. The molecule has 0 aliphatic rings. The number of ketones is 1. The number of carbonyl (C=O) groups excluding carboxylic acids is 1. The molecular weight excluding hydrogens is 365 g/mol. The Hall–Kier alpha value is 0.230. The Kier molecular flexibility index (Phi) is 5.97. The van der Waals surface area contributed by atoms with Gasteiger partial charge in [0.05, 0.1) is 15.9 Å². The van der Waals surface area contributed by atoms with Crippen molar-refractivity contribution in [2.45, 2.75) is 4.46 Å². The van der Waals surface area contributed by atoms with Gasteiger partial charge in [-0.1, -0.05) is 58.0 Å². The molecule has 98 valence electrons. The number of hydrogen-bond acceptors (Lipinski definition) is 3. The molecule has 0 heterocycles. The minimum Gasteiger partial charge on any atom is -0.293 e. The van der Waals surface area contributed by atoms with E-state index in [4.69, 9.17) is 69.6 Å². The Morgan fingerprint density at radius 3 is 2.11 bits per heavy atom. The van der Waals surface area contributed by atoms with Gasteiger partial charge in [-0.25, -0.2) is 0 Å². The molecule has 0 unspecified atom stereocenters. The van der Waals surface area contributed by atoms with Crippen molar-refractivity contribution in [3.05, 3.63) is 27.2 Å². The molecule has 0 N–H and O–H groups in total. The number of halogens is 6. The Morgan fingerprint density at radius 2 is 1.67 bits per heavy atom. The van der Waals surface area contributed by atoms with Crippen molar-refractivity contribution in [2.24, 2.45) is 10.2 Å². The zero-order valence-corrected chi connectivity index (χ0v) is 13.0. The maximum atomic E-state index is 11.2. The van der Waals surface area contributed by atoms with Crippen LogP contribution in [0.3, 0.4) is 0 Å². The molecule has 0 aromatic heterocycles. The van der Waals surface area contributed by atoms with E-state index in [1.165, 1.54) is 12.1 Å². The third-order valence-electron chi connectivity index (χ3n) is 1.71.